The number of benzene rings is 1. The van der Waals surface area contributed by atoms with Crippen molar-refractivity contribution < 1.29 is 9.72 Å². The molecular weight excluding hydrogens is 314 g/mol. The number of nitro groups is 1. The quantitative estimate of drug-likeness (QED) is 0.675. The lowest BCUT2D eigenvalue weighted by Crippen LogP contribution is -2.23. The van der Waals surface area contributed by atoms with Gasteiger partial charge in [0.15, 0.2) is 0 Å². The maximum absolute atomic E-state index is 12.1. The second-order valence-corrected chi connectivity index (χ2v) is 5.81. The molecule has 1 heterocycles. The molecular formula is C13H12ClN3O3S. The molecule has 0 bridgehead atoms. The van der Waals surface area contributed by atoms with Gasteiger partial charge in [-0.05, 0) is 18.6 Å². The van der Waals surface area contributed by atoms with Crippen LogP contribution in [0.2, 0.25) is 5.02 Å². The number of carbonyl (C=O) groups excluding carboxylic acids is 1. The van der Waals surface area contributed by atoms with Crippen LogP contribution in [0.25, 0.3) is 0 Å². The van der Waals surface area contributed by atoms with Gasteiger partial charge in [0.25, 0.3) is 11.6 Å². The topological polar surface area (TPSA) is 85.1 Å². The van der Waals surface area contributed by atoms with Crippen LogP contribution in [0, 0.1) is 10.1 Å². The summed E-state index contributed by atoms with van der Waals surface area (Å²) in [4.78, 5) is 27.7. The summed E-state index contributed by atoms with van der Waals surface area (Å²) in [7, 11) is 0. The normalized spacial score (nSPS) is 10.4. The summed E-state index contributed by atoms with van der Waals surface area (Å²) in [5, 5.41) is 14.6. The Morgan fingerprint density at radius 3 is 2.90 bits per heavy atom. The van der Waals surface area contributed by atoms with E-state index in [4.69, 9.17) is 11.6 Å². The Bertz CT molecular complexity index is 687. The number of nitro benzene ring substituents is 1. The lowest BCUT2D eigenvalue weighted by Gasteiger charge is -2.04. The minimum absolute atomic E-state index is 0.0558. The van der Waals surface area contributed by atoms with E-state index in [1.807, 2.05) is 6.92 Å². The highest BCUT2D eigenvalue weighted by Gasteiger charge is 2.20. The van der Waals surface area contributed by atoms with E-state index < -0.39 is 10.8 Å². The average molecular weight is 326 g/mol. The molecule has 0 saturated heterocycles. The van der Waals surface area contributed by atoms with Crippen LogP contribution in [0.4, 0.5) is 5.69 Å². The molecule has 0 atom stereocenters. The van der Waals surface area contributed by atoms with Crippen molar-refractivity contribution in [3.63, 3.8) is 0 Å². The molecule has 0 radical (unpaired) electrons. The van der Waals surface area contributed by atoms with Gasteiger partial charge in [-0.3, -0.25) is 14.9 Å². The average Bonchev–Trinajstić information content (AvgIpc) is 2.92. The number of nitrogens with zero attached hydrogens (tertiary/aromatic N) is 2. The maximum atomic E-state index is 12.1. The molecule has 6 nitrogen and oxygen atoms in total. The number of hydrogen-bond acceptors (Lipinski definition) is 5. The molecule has 21 heavy (non-hydrogen) atoms. The standard InChI is InChI=1S/C13H12ClN3O3S/c1-2-9-6-15-12(21-9)7-16-13(18)10-5-8(14)3-4-11(10)17(19)20/h3-6H,2,7H2,1H3,(H,16,18). The van der Waals surface area contributed by atoms with Crippen LogP contribution in [0.5, 0.6) is 0 Å². The zero-order valence-corrected chi connectivity index (χ0v) is 12.7. The van der Waals surface area contributed by atoms with Crippen molar-refractivity contribution in [2.45, 2.75) is 19.9 Å². The number of nitrogens with one attached hydrogen (secondary N) is 1. The molecule has 1 amide bonds. The van der Waals surface area contributed by atoms with Crippen molar-refractivity contribution in [1.82, 2.24) is 10.3 Å². The van der Waals surface area contributed by atoms with E-state index in [1.165, 1.54) is 29.5 Å². The Kier molecular flexibility index (Phi) is 4.87. The smallest absolute Gasteiger partial charge is 0.282 e. The van der Waals surface area contributed by atoms with Gasteiger partial charge in [-0.1, -0.05) is 18.5 Å². The Balaban J connectivity index is 2.13. The van der Waals surface area contributed by atoms with E-state index in [9.17, 15) is 14.9 Å². The highest BCUT2D eigenvalue weighted by atomic mass is 35.5. The molecule has 1 aromatic heterocycles. The molecule has 2 aromatic rings. The molecule has 1 aromatic carbocycles. The first kappa shape index (κ1) is 15.4. The Hall–Kier alpha value is -1.99. The lowest BCUT2D eigenvalue weighted by molar-refractivity contribution is -0.385. The van der Waals surface area contributed by atoms with Crippen LogP contribution in [0.1, 0.15) is 27.2 Å². The first-order valence-corrected chi connectivity index (χ1v) is 7.36. The van der Waals surface area contributed by atoms with Gasteiger partial charge in [0.05, 0.1) is 11.5 Å². The number of carbonyl (C=O) groups is 1. The van der Waals surface area contributed by atoms with E-state index in [0.717, 1.165) is 16.3 Å². The lowest BCUT2D eigenvalue weighted by atomic mass is 10.1. The number of aromatic nitrogens is 1. The number of halogens is 1. The second-order valence-electron chi connectivity index (χ2n) is 4.18. The molecule has 0 fully saturated rings. The van der Waals surface area contributed by atoms with Crippen LogP contribution in [-0.4, -0.2) is 15.8 Å². The van der Waals surface area contributed by atoms with Gasteiger partial charge in [0, 0.05) is 22.2 Å². The number of rotatable bonds is 5. The fourth-order valence-corrected chi connectivity index (χ4v) is 2.67. The van der Waals surface area contributed by atoms with Crippen LogP contribution >= 0.6 is 22.9 Å². The third kappa shape index (κ3) is 3.77. The van der Waals surface area contributed by atoms with Crippen LogP contribution in [-0.2, 0) is 13.0 Å². The molecule has 8 heteroatoms. The summed E-state index contributed by atoms with van der Waals surface area (Å²) in [5.74, 6) is -0.544. The van der Waals surface area contributed by atoms with Gasteiger partial charge in [0.2, 0.25) is 0 Å². The predicted molar refractivity (Wildman–Crippen MR) is 80.8 cm³/mol. The SMILES string of the molecule is CCc1cnc(CNC(=O)c2cc(Cl)ccc2[N+](=O)[O-])s1. The van der Waals surface area contributed by atoms with Gasteiger partial charge in [-0.2, -0.15) is 0 Å². The molecule has 0 aliphatic carbocycles. The highest BCUT2D eigenvalue weighted by Crippen LogP contribution is 2.22. The molecule has 0 spiro atoms. The van der Waals surface area contributed by atoms with Crippen molar-refractivity contribution in [2.75, 3.05) is 0 Å². The van der Waals surface area contributed by atoms with Crippen molar-refractivity contribution in [3.05, 3.63) is 55.0 Å². The summed E-state index contributed by atoms with van der Waals surface area (Å²) in [5.41, 5.74) is -0.329. The van der Waals surface area contributed by atoms with Gasteiger partial charge in [-0.15, -0.1) is 11.3 Å². The molecule has 0 aliphatic rings. The fraction of sp³-hybridized carbons (Fsp3) is 0.231. The second kappa shape index (κ2) is 6.64. The van der Waals surface area contributed by atoms with Crippen molar-refractivity contribution in [1.29, 1.82) is 0 Å². The zero-order chi connectivity index (χ0) is 15.4. The van der Waals surface area contributed by atoms with E-state index in [1.54, 1.807) is 6.20 Å². The van der Waals surface area contributed by atoms with Crippen LogP contribution in [0.15, 0.2) is 24.4 Å². The Morgan fingerprint density at radius 2 is 2.29 bits per heavy atom. The minimum atomic E-state index is -0.607. The van der Waals surface area contributed by atoms with Crippen molar-refractivity contribution in [3.8, 4) is 0 Å². The number of thiazole rings is 1. The highest BCUT2D eigenvalue weighted by molar-refractivity contribution is 7.11. The van der Waals surface area contributed by atoms with Gasteiger partial charge >= 0.3 is 0 Å². The van der Waals surface area contributed by atoms with Crippen LogP contribution in [0.3, 0.4) is 0 Å². The summed E-state index contributed by atoms with van der Waals surface area (Å²) < 4.78 is 0. The third-order valence-corrected chi connectivity index (χ3v) is 4.13. The van der Waals surface area contributed by atoms with Gasteiger partial charge < -0.3 is 5.32 Å². The monoisotopic (exact) mass is 325 g/mol. The van der Waals surface area contributed by atoms with Crippen molar-refractivity contribution in [2.24, 2.45) is 0 Å². The zero-order valence-electron chi connectivity index (χ0n) is 11.1. The summed E-state index contributed by atoms with van der Waals surface area (Å²) >= 11 is 7.29. The van der Waals surface area contributed by atoms with E-state index >= 15 is 0 Å². The van der Waals surface area contributed by atoms with E-state index in [-0.39, 0.29) is 22.8 Å². The molecule has 110 valence electrons. The molecule has 0 aliphatic heterocycles. The van der Waals surface area contributed by atoms with Crippen molar-refractivity contribution >= 4 is 34.5 Å². The number of hydrogen-bond donors (Lipinski definition) is 1. The van der Waals surface area contributed by atoms with E-state index in [0.29, 0.717) is 0 Å². The predicted octanol–water partition coefficient (Wildman–Crippen LogP) is 3.20. The fourth-order valence-electron chi connectivity index (χ4n) is 1.69. The summed E-state index contributed by atoms with van der Waals surface area (Å²) in [6.45, 7) is 2.25. The first-order valence-electron chi connectivity index (χ1n) is 6.17. The number of amides is 1. The van der Waals surface area contributed by atoms with Gasteiger partial charge in [-0.25, -0.2) is 4.98 Å². The largest absolute Gasteiger partial charge is 0.345 e. The third-order valence-electron chi connectivity index (χ3n) is 2.75. The Morgan fingerprint density at radius 1 is 1.52 bits per heavy atom. The maximum Gasteiger partial charge on any atom is 0.282 e. The molecule has 2 rings (SSSR count). The summed E-state index contributed by atoms with van der Waals surface area (Å²) in [6.07, 6.45) is 2.64. The first-order chi connectivity index (χ1) is 10.0. The van der Waals surface area contributed by atoms with Gasteiger partial charge in [0.1, 0.15) is 10.6 Å². The Labute approximate surface area is 129 Å². The van der Waals surface area contributed by atoms with Crippen LogP contribution < -0.4 is 5.32 Å². The molecule has 0 saturated carbocycles. The number of aryl methyl sites for hydroxylation is 1. The molecule has 1 N–H and O–H groups in total. The van der Waals surface area contributed by atoms with E-state index in [2.05, 4.69) is 10.3 Å². The minimum Gasteiger partial charge on any atom is -0.345 e. The summed E-state index contributed by atoms with van der Waals surface area (Å²) in [6, 6.07) is 3.88. The molecule has 0 unspecified atom stereocenters.